The molecule has 0 saturated heterocycles. The SMILES string of the molecule is O=C(O)CCCN(C1CC1)[C@@]12CCC[C@@H]1Cc1ccccc1[N@@+]2(Cc1ccccc1)C(=O)O. The van der Waals surface area contributed by atoms with E-state index in [9.17, 15) is 19.8 Å². The summed E-state index contributed by atoms with van der Waals surface area (Å²) < 4.78 is -0.110. The Labute approximate surface area is 195 Å². The molecule has 33 heavy (non-hydrogen) atoms. The second-order valence-corrected chi connectivity index (χ2v) is 9.96. The smallest absolute Gasteiger partial charge is 0.481 e. The molecule has 0 bridgehead atoms. The minimum absolute atomic E-state index is 0.110. The second kappa shape index (κ2) is 8.58. The van der Waals surface area contributed by atoms with Crippen LogP contribution in [0.4, 0.5) is 10.5 Å². The molecule has 2 N–H and O–H groups in total. The Morgan fingerprint density at radius 3 is 2.42 bits per heavy atom. The van der Waals surface area contributed by atoms with Crippen molar-refractivity contribution < 1.29 is 19.8 Å². The summed E-state index contributed by atoms with van der Waals surface area (Å²) in [4.78, 5) is 27.3. The standard InChI is InChI=1S/C27H32N2O4/c30-25(31)13-7-17-28(23-14-15-23)27-16-6-11-22(27)18-21-10-4-5-12-24(21)29(27,26(32)33)19-20-8-2-1-3-9-20/h1-5,8-10,12,22-23H,6-7,11,13-19H2,(H-,30,31,32,33)/p+1/t22-,27-,29+/m1/s1. The minimum Gasteiger partial charge on any atom is -0.481 e. The molecular weight excluding hydrogens is 416 g/mol. The predicted octanol–water partition coefficient (Wildman–Crippen LogP) is 5.25. The Bertz CT molecular complexity index is 1040. The van der Waals surface area contributed by atoms with Gasteiger partial charge in [0.05, 0.1) is 0 Å². The van der Waals surface area contributed by atoms with E-state index in [0.29, 0.717) is 25.6 Å². The lowest BCUT2D eigenvalue weighted by Crippen LogP contribution is -2.78. The molecule has 3 atom stereocenters. The van der Waals surface area contributed by atoms with E-state index in [2.05, 4.69) is 11.0 Å². The molecule has 0 aromatic heterocycles. The highest BCUT2D eigenvalue weighted by atomic mass is 16.4. The van der Waals surface area contributed by atoms with Gasteiger partial charge in [0.15, 0.2) is 5.66 Å². The summed E-state index contributed by atoms with van der Waals surface area (Å²) in [6.45, 7) is 1.03. The van der Waals surface area contributed by atoms with E-state index in [1.165, 1.54) is 0 Å². The van der Waals surface area contributed by atoms with Gasteiger partial charge in [-0.15, -0.1) is 0 Å². The lowest BCUT2D eigenvalue weighted by molar-refractivity contribution is -0.137. The number of carboxylic acids is 1. The van der Waals surface area contributed by atoms with Gasteiger partial charge in [0, 0.05) is 48.5 Å². The normalized spacial score (nSPS) is 28.3. The maximum Gasteiger partial charge on any atom is 0.520 e. The number of quaternary nitrogens is 1. The van der Waals surface area contributed by atoms with Crippen LogP contribution in [0.5, 0.6) is 0 Å². The Morgan fingerprint density at radius 2 is 1.73 bits per heavy atom. The molecule has 6 nitrogen and oxygen atoms in total. The van der Waals surface area contributed by atoms with Crippen LogP contribution in [-0.4, -0.2) is 45.4 Å². The van der Waals surface area contributed by atoms with Crippen LogP contribution in [0.25, 0.3) is 0 Å². The van der Waals surface area contributed by atoms with E-state index < -0.39 is 17.7 Å². The van der Waals surface area contributed by atoms with Crippen molar-refractivity contribution in [2.45, 2.75) is 69.6 Å². The molecule has 2 fully saturated rings. The number of hydrogen-bond acceptors (Lipinski definition) is 3. The molecular formula is C27H33N2O4+. The number of amides is 1. The fourth-order valence-electron chi connectivity index (χ4n) is 6.83. The van der Waals surface area contributed by atoms with Crippen LogP contribution in [0.1, 0.15) is 56.1 Å². The average molecular weight is 450 g/mol. The van der Waals surface area contributed by atoms with Crippen molar-refractivity contribution in [3.05, 3.63) is 65.7 Å². The van der Waals surface area contributed by atoms with Crippen molar-refractivity contribution in [2.24, 2.45) is 5.92 Å². The molecule has 6 heteroatoms. The van der Waals surface area contributed by atoms with E-state index in [0.717, 1.165) is 55.3 Å². The molecule has 1 heterocycles. The molecule has 2 aromatic carbocycles. The Hall–Kier alpha value is -2.70. The molecule has 5 rings (SSSR count). The van der Waals surface area contributed by atoms with Gasteiger partial charge in [-0.1, -0.05) is 48.5 Å². The summed E-state index contributed by atoms with van der Waals surface area (Å²) in [6, 6.07) is 18.4. The third-order valence-electron chi connectivity index (χ3n) is 8.15. The van der Waals surface area contributed by atoms with Gasteiger partial charge in [0.25, 0.3) is 0 Å². The Balaban J connectivity index is 1.70. The highest BCUT2D eigenvalue weighted by Crippen LogP contribution is 2.58. The highest BCUT2D eigenvalue weighted by molar-refractivity contribution is 5.84. The van der Waals surface area contributed by atoms with E-state index in [-0.39, 0.29) is 16.8 Å². The van der Waals surface area contributed by atoms with Crippen molar-refractivity contribution in [1.82, 2.24) is 9.38 Å². The minimum atomic E-state index is -0.804. The van der Waals surface area contributed by atoms with Gasteiger partial charge in [0.1, 0.15) is 12.2 Å². The first kappa shape index (κ1) is 22.1. The van der Waals surface area contributed by atoms with Crippen LogP contribution in [-0.2, 0) is 17.8 Å². The number of hydrogen-bond donors (Lipinski definition) is 2. The summed E-state index contributed by atoms with van der Waals surface area (Å²) in [5.41, 5.74) is 2.49. The molecule has 1 amide bonds. The first-order chi connectivity index (χ1) is 16.0. The zero-order valence-corrected chi connectivity index (χ0v) is 19.0. The van der Waals surface area contributed by atoms with Crippen molar-refractivity contribution in [3.63, 3.8) is 0 Å². The van der Waals surface area contributed by atoms with E-state index in [1.54, 1.807) is 0 Å². The molecule has 0 spiro atoms. The number of para-hydroxylation sites is 1. The molecule has 0 radical (unpaired) electrons. The van der Waals surface area contributed by atoms with Crippen LogP contribution in [0.3, 0.4) is 0 Å². The molecule has 174 valence electrons. The van der Waals surface area contributed by atoms with Gasteiger partial charge < -0.3 is 10.2 Å². The third kappa shape index (κ3) is 3.56. The first-order valence-corrected chi connectivity index (χ1v) is 12.2. The number of nitrogens with zero attached hydrogens (tertiary/aromatic N) is 2. The second-order valence-electron chi connectivity index (χ2n) is 9.96. The summed E-state index contributed by atoms with van der Waals surface area (Å²) in [5, 5.41) is 20.4. The fourth-order valence-corrected chi connectivity index (χ4v) is 6.83. The van der Waals surface area contributed by atoms with Gasteiger partial charge in [-0.2, -0.15) is 9.28 Å². The number of benzene rings is 2. The lowest BCUT2D eigenvalue weighted by Gasteiger charge is -2.58. The average Bonchev–Trinajstić information content (AvgIpc) is 3.55. The maximum absolute atomic E-state index is 13.6. The van der Waals surface area contributed by atoms with Crippen LogP contribution in [0, 0.1) is 5.92 Å². The van der Waals surface area contributed by atoms with Gasteiger partial charge >= 0.3 is 12.1 Å². The molecule has 2 aromatic rings. The van der Waals surface area contributed by atoms with Gasteiger partial charge in [0.2, 0.25) is 0 Å². The van der Waals surface area contributed by atoms with Crippen molar-refractivity contribution in [1.29, 1.82) is 0 Å². The van der Waals surface area contributed by atoms with Crippen molar-refractivity contribution >= 4 is 17.7 Å². The summed E-state index contributed by atoms with van der Waals surface area (Å²) >= 11 is 0. The highest BCUT2D eigenvalue weighted by Gasteiger charge is 2.70. The molecule has 1 aliphatic heterocycles. The number of carboxylic acid groups (broad SMARTS) is 2. The fraction of sp³-hybridized carbons (Fsp3) is 0.481. The number of aliphatic carboxylic acids is 1. The van der Waals surface area contributed by atoms with E-state index in [4.69, 9.17) is 0 Å². The zero-order valence-electron chi connectivity index (χ0n) is 19.0. The summed E-state index contributed by atoms with van der Waals surface area (Å²) in [7, 11) is 0. The van der Waals surface area contributed by atoms with Crippen molar-refractivity contribution in [3.8, 4) is 0 Å². The van der Waals surface area contributed by atoms with Gasteiger partial charge in [-0.05, 0) is 38.5 Å². The topological polar surface area (TPSA) is 77.8 Å². The largest absolute Gasteiger partial charge is 0.520 e. The third-order valence-corrected chi connectivity index (χ3v) is 8.15. The monoisotopic (exact) mass is 449 g/mol. The molecule has 0 unspecified atom stereocenters. The van der Waals surface area contributed by atoms with Gasteiger partial charge in [-0.3, -0.25) is 4.79 Å². The van der Waals surface area contributed by atoms with E-state index in [1.807, 2.05) is 48.5 Å². The summed E-state index contributed by atoms with van der Waals surface area (Å²) in [5.74, 6) is -0.555. The zero-order chi connectivity index (χ0) is 23.1. The maximum atomic E-state index is 13.6. The molecule has 2 saturated carbocycles. The van der Waals surface area contributed by atoms with Crippen LogP contribution < -0.4 is 4.48 Å². The molecule has 3 aliphatic rings. The first-order valence-electron chi connectivity index (χ1n) is 12.2. The predicted molar refractivity (Wildman–Crippen MR) is 127 cm³/mol. The Morgan fingerprint density at radius 1 is 1.00 bits per heavy atom. The van der Waals surface area contributed by atoms with Crippen LogP contribution in [0.15, 0.2) is 54.6 Å². The Kier molecular flexibility index (Phi) is 5.75. The number of rotatable bonds is 8. The van der Waals surface area contributed by atoms with Gasteiger partial charge in [-0.25, -0.2) is 4.90 Å². The molecule has 2 aliphatic carbocycles. The van der Waals surface area contributed by atoms with E-state index >= 15 is 0 Å². The van der Waals surface area contributed by atoms with Crippen LogP contribution in [0.2, 0.25) is 0 Å². The lowest BCUT2D eigenvalue weighted by atomic mass is 9.78. The van der Waals surface area contributed by atoms with Crippen LogP contribution >= 0.6 is 0 Å². The quantitative estimate of drug-likeness (QED) is 0.538. The number of carbonyl (C=O) groups is 2. The van der Waals surface area contributed by atoms with Crippen molar-refractivity contribution in [2.75, 3.05) is 6.54 Å². The summed E-state index contributed by atoms with van der Waals surface area (Å²) in [6.07, 6.45) is 5.72. The number of fused-ring (bicyclic) bond motifs is 2.